The van der Waals surface area contributed by atoms with Crippen molar-refractivity contribution in [2.24, 2.45) is 11.8 Å². The Hall–Kier alpha value is -1.37. The van der Waals surface area contributed by atoms with E-state index in [0.29, 0.717) is 12.8 Å². The van der Waals surface area contributed by atoms with Crippen molar-refractivity contribution in [3.05, 3.63) is 0 Å². The van der Waals surface area contributed by atoms with E-state index in [0.717, 1.165) is 12.8 Å². The molecule has 0 radical (unpaired) electrons. The first-order valence-electron chi connectivity index (χ1n) is 9.20. The first kappa shape index (κ1) is 27.7. The van der Waals surface area contributed by atoms with Gasteiger partial charge in [-0.1, -0.05) is 19.8 Å². The maximum Gasteiger partial charge on any atom is 0.384 e. The van der Waals surface area contributed by atoms with E-state index in [9.17, 15) is 57.5 Å². The standard InChI is InChI=1S/C17H20F12O2/c1-2-3-9-4-6-10(7-5-9)11(30)31-8-13(20,21)15(24,25)17(28,29)16(26,27)14(22,23)12(18)19/h9-10,12H,2-8H2,1H3/t9-,10-. The molecular weight excluding hydrogens is 464 g/mol. The number of carbonyl (C=O) groups excluding carboxylic acids is 1. The highest BCUT2D eigenvalue weighted by atomic mass is 19.4. The minimum atomic E-state index is -7.62. The van der Waals surface area contributed by atoms with Crippen LogP contribution >= 0.6 is 0 Å². The molecule has 31 heavy (non-hydrogen) atoms. The average molecular weight is 484 g/mol. The lowest BCUT2D eigenvalue weighted by atomic mass is 9.80. The second kappa shape index (κ2) is 9.24. The number of halogens is 12. The summed E-state index contributed by atoms with van der Waals surface area (Å²) in [6, 6.07) is 0. The van der Waals surface area contributed by atoms with Crippen LogP contribution in [0.25, 0.3) is 0 Å². The molecule has 0 amide bonds. The number of carbonyl (C=O) groups is 1. The van der Waals surface area contributed by atoms with E-state index in [-0.39, 0.29) is 18.8 Å². The number of alkyl halides is 12. The van der Waals surface area contributed by atoms with Crippen LogP contribution < -0.4 is 0 Å². The number of hydrogen-bond acceptors (Lipinski definition) is 2. The van der Waals surface area contributed by atoms with E-state index in [1.807, 2.05) is 6.92 Å². The van der Waals surface area contributed by atoms with Crippen molar-refractivity contribution in [3.8, 4) is 0 Å². The number of esters is 1. The topological polar surface area (TPSA) is 26.3 Å². The van der Waals surface area contributed by atoms with Gasteiger partial charge in [-0.3, -0.25) is 4.79 Å². The van der Waals surface area contributed by atoms with Gasteiger partial charge in [0.2, 0.25) is 0 Å². The summed E-state index contributed by atoms with van der Waals surface area (Å²) in [5.41, 5.74) is 0. The molecule has 0 aromatic carbocycles. The van der Waals surface area contributed by atoms with Crippen molar-refractivity contribution in [3.63, 3.8) is 0 Å². The number of ether oxygens (including phenoxy) is 1. The van der Waals surface area contributed by atoms with Crippen molar-refractivity contribution in [1.29, 1.82) is 0 Å². The minimum Gasteiger partial charge on any atom is -0.459 e. The average Bonchev–Trinajstić information content (AvgIpc) is 2.66. The Kier molecular flexibility index (Phi) is 8.25. The van der Waals surface area contributed by atoms with Crippen LogP contribution in [0.3, 0.4) is 0 Å². The Morgan fingerprint density at radius 3 is 1.74 bits per heavy atom. The van der Waals surface area contributed by atoms with Gasteiger partial charge in [0.05, 0.1) is 5.92 Å². The Balaban J connectivity index is 2.92. The van der Waals surface area contributed by atoms with Crippen LogP contribution in [0.15, 0.2) is 0 Å². The zero-order chi connectivity index (χ0) is 24.5. The highest BCUT2D eigenvalue weighted by Crippen LogP contribution is 2.58. The van der Waals surface area contributed by atoms with Gasteiger partial charge in [0.25, 0.3) is 0 Å². The third kappa shape index (κ3) is 5.01. The van der Waals surface area contributed by atoms with Gasteiger partial charge in [-0.15, -0.1) is 0 Å². The van der Waals surface area contributed by atoms with Crippen LogP contribution in [-0.4, -0.2) is 48.6 Å². The second-order valence-electron chi connectivity index (χ2n) is 7.47. The molecule has 0 N–H and O–H groups in total. The van der Waals surface area contributed by atoms with Gasteiger partial charge in [-0.2, -0.15) is 43.9 Å². The lowest BCUT2D eigenvalue weighted by Gasteiger charge is -2.39. The zero-order valence-electron chi connectivity index (χ0n) is 16.0. The second-order valence-corrected chi connectivity index (χ2v) is 7.47. The monoisotopic (exact) mass is 484 g/mol. The molecule has 1 rings (SSSR count). The summed E-state index contributed by atoms with van der Waals surface area (Å²) in [7, 11) is 0. The van der Waals surface area contributed by atoms with E-state index < -0.39 is 54.5 Å². The summed E-state index contributed by atoms with van der Waals surface area (Å²) in [6.07, 6.45) is -2.69. The maximum absolute atomic E-state index is 13.6. The van der Waals surface area contributed by atoms with Crippen LogP contribution in [0.5, 0.6) is 0 Å². The smallest absolute Gasteiger partial charge is 0.384 e. The molecule has 0 heterocycles. The molecule has 1 fully saturated rings. The van der Waals surface area contributed by atoms with E-state index >= 15 is 0 Å². The van der Waals surface area contributed by atoms with Gasteiger partial charge < -0.3 is 4.74 Å². The van der Waals surface area contributed by atoms with Crippen LogP contribution in [0, 0.1) is 11.8 Å². The molecule has 1 aliphatic rings. The molecule has 184 valence electrons. The molecule has 1 aliphatic carbocycles. The van der Waals surface area contributed by atoms with Gasteiger partial charge in [0, 0.05) is 0 Å². The van der Waals surface area contributed by atoms with Crippen LogP contribution in [0.4, 0.5) is 52.7 Å². The fraction of sp³-hybridized carbons (Fsp3) is 0.941. The predicted octanol–water partition coefficient (Wildman–Crippen LogP) is 6.58. The molecule has 2 nitrogen and oxygen atoms in total. The molecule has 0 bridgehead atoms. The number of rotatable bonds is 10. The molecule has 0 unspecified atom stereocenters. The number of hydrogen-bond donors (Lipinski definition) is 0. The predicted molar refractivity (Wildman–Crippen MR) is 82.1 cm³/mol. The van der Waals surface area contributed by atoms with E-state index in [2.05, 4.69) is 4.74 Å². The molecule has 1 saturated carbocycles. The lowest BCUT2D eigenvalue weighted by Crippen LogP contribution is -2.69. The summed E-state index contributed by atoms with van der Waals surface area (Å²) in [5, 5.41) is 0. The van der Waals surface area contributed by atoms with Gasteiger partial charge in [-0.05, 0) is 31.6 Å². The molecule has 0 aliphatic heterocycles. The summed E-state index contributed by atoms with van der Waals surface area (Å²) in [6.45, 7) is -0.932. The Bertz CT molecular complexity index is 612. The Labute approximate surface area is 169 Å². The van der Waals surface area contributed by atoms with Crippen LogP contribution in [0.1, 0.15) is 45.4 Å². The van der Waals surface area contributed by atoms with Gasteiger partial charge >= 0.3 is 42.0 Å². The normalized spacial score (nSPS) is 22.0. The zero-order valence-corrected chi connectivity index (χ0v) is 16.0. The SMILES string of the molecule is CCC[C@H]1CC[C@H](C(=O)OCC(F)(F)C(F)(F)C(F)(F)C(F)(F)C(F)(F)C(F)F)CC1. The van der Waals surface area contributed by atoms with Crippen molar-refractivity contribution in [2.75, 3.05) is 6.61 Å². The van der Waals surface area contributed by atoms with Crippen molar-refractivity contribution >= 4 is 5.97 Å². The molecule has 14 heteroatoms. The molecular formula is C17H20F12O2. The first-order chi connectivity index (χ1) is 13.9. The highest BCUT2D eigenvalue weighted by Gasteiger charge is 2.87. The summed E-state index contributed by atoms with van der Waals surface area (Å²) in [4.78, 5) is 11.8. The molecule has 0 aromatic rings. The lowest BCUT2D eigenvalue weighted by molar-refractivity contribution is -0.414. The molecule has 0 aromatic heterocycles. The van der Waals surface area contributed by atoms with Crippen LogP contribution in [0.2, 0.25) is 0 Å². The van der Waals surface area contributed by atoms with Gasteiger partial charge in [0.15, 0.2) is 6.61 Å². The van der Waals surface area contributed by atoms with E-state index in [1.54, 1.807) is 0 Å². The fourth-order valence-electron chi connectivity index (χ4n) is 3.24. The third-order valence-electron chi connectivity index (χ3n) is 5.21. The van der Waals surface area contributed by atoms with E-state index in [1.165, 1.54) is 0 Å². The fourth-order valence-corrected chi connectivity index (χ4v) is 3.24. The third-order valence-corrected chi connectivity index (χ3v) is 5.21. The maximum atomic E-state index is 13.6. The van der Waals surface area contributed by atoms with Gasteiger partial charge in [-0.25, -0.2) is 8.78 Å². The van der Waals surface area contributed by atoms with E-state index in [4.69, 9.17) is 0 Å². The molecule has 0 saturated heterocycles. The van der Waals surface area contributed by atoms with Crippen molar-refractivity contribution in [2.45, 2.75) is 81.5 Å². The van der Waals surface area contributed by atoms with Crippen LogP contribution in [-0.2, 0) is 9.53 Å². The molecule has 0 atom stereocenters. The minimum absolute atomic E-state index is 0.125. The highest BCUT2D eigenvalue weighted by molar-refractivity contribution is 5.72. The summed E-state index contributed by atoms with van der Waals surface area (Å²) < 4.78 is 161. The van der Waals surface area contributed by atoms with Crippen molar-refractivity contribution in [1.82, 2.24) is 0 Å². The Morgan fingerprint density at radius 1 is 0.839 bits per heavy atom. The van der Waals surface area contributed by atoms with Gasteiger partial charge in [0.1, 0.15) is 0 Å². The van der Waals surface area contributed by atoms with Crippen molar-refractivity contribution < 1.29 is 62.2 Å². The first-order valence-corrected chi connectivity index (χ1v) is 9.20. The summed E-state index contributed by atoms with van der Waals surface area (Å²) in [5.74, 6) is -38.0. The largest absolute Gasteiger partial charge is 0.459 e. The molecule has 0 spiro atoms. The summed E-state index contributed by atoms with van der Waals surface area (Å²) >= 11 is 0. The Morgan fingerprint density at radius 2 is 1.32 bits per heavy atom. The quantitative estimate of drug-likeness (QED) is 0.259.